The summed E-state index contributed by atoms with van der Waals surface area (Å²) in [6.07, 6.45) is 1.81. The third-order valence-electron chi connectivity index (χ3n) is 7.83. The highest BCUT2D eigenvalue weighted by Gasteiger charge is 2.36. The van der Waals surface area contributed by atoms with E-state index in [4.69, 9.17) is 9.72 Å². The van der Waals surface area contributed by atoms with Crippen LogP contribution in [-0.4, -0.2) is 62.9 Å². The molecule has 1 aliphatic heterocycles. The molecule has 2 aliphatic rings. The molecule has 9 nitrogen and oxygen atoms in total. The van der Waals surface area contributed by atoms with Crippen molar-refractivity contribution in [1.29, 1.82) is 5.26 Å². The number of rotatable bonds is 6. The maximum atomic E-state index is 13.3. The molecule has 216 valence electrons. The topological polar surface area (TPSA) is 109 Å². The number of amides is 1. The predicted molar refractivity (Wildman–Crippen MR) is 145 cm³/mol. The molecule has 1 amide bonds. The molecule has 2 fully saturated rings. The molecule has 1 aliphatic carbocycles. The van der Waals surface area contributed by atoms with Crippen LogP contribution in [0.1, 0.15) is 72.3 Å². The van der Waals surface area contributed by atoms with Crippen LogP contribution in [0.2, 0.25) is 0 Å². The lowest BCUT2D eigenvalue weighted by Crippen LogP contribution is -2.48. The fourth-order valence-electron chi connectivity index (χ4n) is 5.78. The first kappa shape index (κ1) is 28.7. The second kappa shape index (κ2) is 12.0. The fraction of sp³-hybridized carbons (Fsp3) is 0.483. The highest BCUT2D eigenvalue weighted by molar-refractivity contribution is 6.05. The second-order valence-electron chi connectivity index (χ2n) is 10.8. The Hall–Kier alpha value is -3.82. The summed E-state index contributed by atoms with van der Waals surface area (Å²) in [7, 11) is 0. The second-order valence-corrected chi connectivity index (χ2v) is 10.8. The van der Waals surface area contributed by atoms with Crippen LogP contribution >= 0.6 is 0 Å². The number of carbonyl (C=O) groups excluding carboxylic acids is 1. The summed E-state index contributed by atoms with van der Waals surface area (Å²) < 4.78 is 45.8. The molecule has 1 N–H and O–H groups in total. The van der Waals surface area contributed by atoms with Gasteiger partial charge in [0.25, 0.3) is 5.91 Å². The molecule has 3 atom stereocenters. The highest BCUT2D eigenvalue weighted by Crippen LogP contribution is 2.39. The summed E-state index contributed by atoms with van der Waals surface area (Å²) in [6, 6.07) is 8.61. The van der Waals surface area contributed by atoms with Gasteiger partial charge in [0.2, 0.25) is 0 Å². The molecule has 0 bridgehead atoms. The van der Waals surface area contributed by atoms with Crippen LogP contribution in [0.5, 0.6) is 0 Å². The SMILES string of the molecule is CC(C)c1c(C(=O)Nc2ccc(C3CC(C#N)CCC3N3CCOCC3)nc2)cnn1-c1ccc(C(F)(F)F)cn1. The Morgan fingerprint density at radius 3 is 2.49 bits per heavy atom. The van der Waals surface area contributed by atoms with Crippen molar-refractivity contribution in [3.05, 3.63) is 65.4 Å². The van der Waals surface area contributed by atoms with Crippen molar-refractivity contribution >= 4 is 11.6 Å². The standard InChI is InChI=1S/C29H32F3N7O2/c1-18(2)27-23(17-36-39(27)26-8-4-20(15-35-26)29(30,31)32)28(40)37-21-5-6-24(34-16-21)22-13-19(14-33)3-7-25(22)38-9-11-41-12-10-38/h4-6,8,15-19,22,25H,3,7,9-13H2,1-2H3,(H,37,40). The van der Waals surface area contributed by atoms with Gasteiger partial charge in [-0.25, -0.2) is 9.67 Å². The minimum atomic E-state index is -4.50. The maximum Gasteiger partial charge on any atom is 0.417 e. The average Bonchev–Trinajstić information content (AvgIpc) is 3.43. The highest BCUT2D eigenvalue weighted by atomic mass is 19.4. The molecule has 1 saturated heterocycles. The van der Waals surface area contributed by atoms with E-state index in [2.05, 4.69) is 26.4 Å². The van der Waals surface area contributed by atoms with E-state index in [0.29, 0.717) is 30.2 Å². The molecule has 4 heterocycles. The van der Waals surface area contributed by atoms with Gasteiger partial charge < -0.3 is 10.1 Å². The summed E-state index contributed by atoms with van der Waals surface area (Å²) in [5.41, 5.74) is 1.36. The molecule has 0 spiro atoms. The van der Waals surface area contributed by atoms with Gasteiger partial charge in [-0.3, -0.25) is 14.7 Å². The van der Waals surface area contributed by atoms with Crippen LogP contribution in [0.25, 0.3) is 5.82 Å². The molecule has 0 aromatic carbocycles. The van der Waals surface area contributed by atoms with Gasteiger partial charge in [-0.2, -0.15) is 23.5 Å². The first-order chi connectivity index (χ1) is 19.7. The van der Waals surface area contributed by atoms with Crippen molar-refractivity contribution in [2.75, 3.05) is 31.6 Å². The van der Waals surface area contributed by atoms with Crippen molar-refractivity contribution in [2.45, 2.75) is 57.2 Å². The molecular formula is C29H32F3N7O2. The summed E-state index contributed by atoms with van der Waals surface area (Å²) in [5.74, 6) is -0.291. The van der Waals surface area contributed by atoms with Crippen molar-refractivity contribution in [1.82, 2.24) is 24.6 Å². The number of pyridine rings is 2. The Morgan fingerprint density at radius 1 is 1.10 bits per heavy atom. The van der Waals surface area contributed by atoms with E-state index in [1.807, 2.05) is 26.0 Å². The molecule has 3 aromatic heterocycles. The lowest BCUT2D eigenvalue weighted by atomic mass is 9.76. The summed E-state index contributed by atoms with van der Waals surface area (Å²) in [5, 5.41) is 16.7. The van der Waals surface area contributed by atoms with Gasteiger partial charge >= 0.3 is 6.18 Å². The zero-order valence-electron chi connectivity index (χ0n) is 22.9. The Labute approximate surface area is 236 Å². The largest absolute Gasteiger partial charge is 0.417 e. The molecule has 41 heavy (non-hydrogen) atoms. The Kier molecular flexibility index (Phi) is 8.37. The zero-order valence-corrected chi connectivity index (χ0v) is 22.9. The number of anilines is 1. The number of ether oxygens (including phenoxy) is 1. The number of morpholine rings is 1. The molecule has 3 aromatic rings. The van der Waals surface area contributed by atoms with Gasteiger partial charge in [-0.1, -0.05) is 13.8 Å². The van der Waals surface area contributed by atoms with Gasteiger partial charge in [-0.15, -0.1) is 0 Å². The van der Waals surface area contributed by atoms with Crippen LogP contribution < -0.4 is 5.32 Å². The molecule has 1 saturated carbocycles. The van der Waals surface area contributed by atoms with E-state index < -0.39 is 17.6 Å². The van der Waals surface area contributed by atoms with Gasteiger partial charge in [0.05, 0.1) is 54.2 Å². The summed E-state index contributed by atoms with van der Waals surface area (Å²) in [4.78, 5) is 24.3. The monoisotopic (exact) mass is 567 g/mol. The van der Waals surface area contributed by atoms with Crippen LogP contribution in [0.4, 0.5) is 18.9 Å². The van der Waals surface area contributed by atoms with Crippen LogP contribution in [0.3, 0.4) is 0 Å². The lowest BCUT2D eigenvalue weighted by molar-refractivity contribution is -0.137. The number of nitriles is 1. The number of hydrogen-bond acceptors (Lipinski definition) is 7. The van der Waals surface area contributed by atoms with Crippen molar-refractivity contribution in [3.8, 4) is 11.9 Å². The third-order valence-corrected chi connectivity index (χ3v) is 7.83. The fourth-order valence-corrected chi connectivity index (χ4v) is 5.78. The minimum Gasteiger partial charge on any atom is -0.379 e. The number of carbonyl (C=O) groups is 1. The predicted octanol–water partition coefficient (Wildman–Crippen LogP) is 5.16. The van der Waals surface area contributed by atoms with Gasteiger partial charge in [0.15, 0.2) is 5.82 Å². The minimum absolute atomic E-state index is 0.0105. The van der Waals surface area contributed by atoms with Crippen LogP contribution in [-0.2, 0) is 10.9 Å². The van der Waals surface area contributed by atoms with E-state index in [1.54, 1.807) is 6.20 Å². The van der Waals surface area contributed by atoms with Crippen molar-refractivity contribution in [2.24, 2.45) is 5.92 Å². The van der Waals surface area contributed by atoms with Gasteiger partial charge in [0, 0.05) is 42.9 Å². The normalized spacial score (nSPS) is 21.9. The Bertz CT molecular complexity index is 1390. The summed E-state index contributed by atoms with van der Waals surface area (Å²) >= 11 is 0. The van der Waals surface area contributed by atoms with E-state index in [0.717, 1.165) is 50.3 Å². The van der Waals surface area contributed by atoms with Crippen LogP contribution in [0.15, 0.2) is 42.9 Å². The molecule has 3 unspecified atom stereocenters. The molecule has 0 radical (unpaired) electrons. The zero-order chi connectivity index (χ0) is 29.1. The molecular weight excluding hydrogens is 535 g/mol. The van der Waals surface area contributed by atoms with Crippen molar-refractivity contribution in [3.63, 3.8) is 0 Å². The number of hydrogen-bond donors (Lipinski definition) is 1. The number of nitrogens with one attached hydrogen (secondary N) is 1. The van der Waals surface area contributed by atoms with E-state index in [-0.39, 0.29) is 29.6 Å². The van der Waals surface area contributed by atoms with E-state index >= 15 is 0 Å². The van der Waals surface area contributed by atoms with Gasteiger partial charge in [0.1, 0.15) is 0 Å². The Morgan fingerprint density at radius 2 is 1.88 bits per heavy atom. The maximum absolute atomic E-state index is 13.3. The first-order valence-corrected chi connectivity index (χ1v) is 13.8. The van der Waals surface area contributed by atoms with Crippen LogP contribution in [0, 0.1) is 17.2 Å². The van der Waals surface area contributed by atoms with Crippen molar-refractivity contribution < 1.29 is 22.7 Å². The third kappa shape index (κ3) is 6.26. The van der Waals surface area contributed by atoms with E-state index in [9.17, 15) is 23.2 Å². The number of halogens is 3. The quantitative estimate of drug-likeness (QED) is 0.438. The number of aromatic nitrogens is 4. The van der Waals surface area contributed by atoms with E-state index in [1.165, 1.54) is 16.9 Å². The smallest absolute Gasteiger partial charge is 0.379 e. The molecule has 12 heteroatoms. The lowest BCUT2D eigenvalue weighted by Gasteiger charge is -2.42. The Balaban J connectivity index is 1.33. The summed E-state index contributed by atoms with van der Waals surface area (Å²) in [6.45, 7) is 6.86. The first-order valence-electron chi connectivity index (χ1n) is 13.8. The molecule has 5 rings (SSSR count). The number of nitrogens with zero attached hydrogens (tertiary/aromatic N) is 6. The van der Waals surface area contributed by atoms with Gasteiger partial charge in [-0.05, 0) is 49.4 Å². The number of alkyl halides is 3. The average molecular weight is 568 g/mol.